The number of nitrogens with one attached hydrogen (secondary N) is 2. The lowest BCUT2D eigenvalue weighted by atomic mass is 9.84. The van der Waals surface area contributed by atoms with Gasteiger partial charge in [0.15, 0.2) is 5.82 Å². The number of nitrogens with zero attached hydrogens (tertiary/aromatic N) is 3. The molecule has 1 aliphatic heterocycles. The Morgan fingerprint density at radius 3 is 2.40 bits per heavy atom. The van der Waals surface area contributed by atoms with Crippen LogP contribution >= 0.6 is 0 Å². The predicted octanol–water partition coefficient (Wildman–Crippen LogP) is 3.01. The number of benzene rings is 2. The molecule has 0 unspecified atom stereocenters. The highest BCUT2D eigenvalue weighted by atomic mass is 32.2. The summed E-state index contributed by atoms with van der Waals surface area (Å²) in [5, 5.41) is 19.0. The number of aromatic carboxylic acids is 1. The summed E-state index contributed by atoms with van der Waals surface area (Å²) in [6, 6.07) is 8.87. The van der Waals surface area contributed by atoms with Gasteiger partial charge in [-0.05, 0) is 42.5 Å². The maximum absolute atomic E-state index is 13.9. The number of aromatic nitrogens is 3. The van der Waals surface area contributed by atoms with E-state index >= 15 is 0 Å². The summed E-state index contributed by atoms with van der Waals surface area (Å²) in [4.78, 5) is 36.7. The first-order chi connectivity index (χ1) is 19.7. The number of hydrogen-bond donors (Lipinski definition) is 4. The molecule has 42 heavy (non-hydrogen) atoms. The van der Waals surface area contributed by atoms with Gasteiger partial charge >= 0.3 is 5.97 Å². The molecular formula is C27H24F2N6O6S. The highest BCUT2D eigenvalue weighted by molar-refractivity contribution is 7.89. The predicted molar refractivity (Wildman–Crippen MR) is 145 cm³/mol. The van der Waals surface area contributed by atoms with Gasteiger partial charge in [-0.2, -0.15) is 9.40 Å². The Hall–Kier alpha value is -4.89. The van der Waals surface area contributed by atoms with Crippen LogP contribution in [0.25, 0.3) is 5.69 Å². The number of rotatable bonds is 7. The quantitative estimate of drug-likeness (QED) is 0.252. The summed E-state index contributed by atoms with van der Waals surface area (Å²) in [7, 11) is -4.37. The van der Waals surface area contributed by atoms with Gasteiger partial charge in [0, 0.05) is 47.7 Å². The lowest BCUT2D eigenvalue weighted by Gasteiger charge is -2.36. The van der Waals surface area contributed by atoms with Gasteiger partial charge in [0.2, 0.25) is 15.9 Å². The Balaban J connectivity index is 1.51. The number of fused-ring (bicyclic) bond motifs is 1. The third-order valence-electron chi connectivity index (χ3n) is 6.92. The fourth-order valence-corrected chi connectivity index (χ4v) is 6.58. The molecule has 0 radical (unpaired) electrons. The van der Waals surface area contributed by atoms with Gasteiger partial charge in [-0.25, -0.2) is 22.0 Å². The van der Waals surface area contributed by atoms with Gasteiger partial charge < -0.3 is 20.7 Å². The fraction of sp³-hybridized carbons (Fsp3) is 0.185. The van der Waals surface area contributed by atoms with Crippen LogP contribution in [0.15, 0.2) is 59.6 Å². The van der Waals surface area contributed by atoms with Crippen molar-refractivity contribution in [3.8, 4) is 5.69 Å². The summed E-state index contributed by atoms with van der Waals surface area (Å²) in [5.74, 6) is -5.09. The molecule has 218 valence electrons. The van der Waals surface area contributed by atoms with E-state index < -0.39 is 49.8 Å². The second kappa shape index (κ2) is 10.2. The third-order valence-corrected chi connectivity index (χ3v) is 8.68. The number of halogens is 2. The molecule has 0 bridgehead atoms. The molecule has 5 N–H and O–H groups in total. The number of carboxylic acid groups (broad SMARTS) is 1. The van der Waals surface area contributed by atoms with E-state index in [0.29, 0.717) is 17.3 Å². The monoisotopic (exact) mass is 598 g/mol. The number of carbonyl (C=O) groups is 3. The molecule has 0 spiro atoms. The van der Waals surface area contributed by atoms with E-state index in [1.165, 1.54) is 41.1 Å². The van der Waals surface area contributed by atoms with E-state index in [1.807, 2.05) is 0 Å². The zero-order chi connectivity index (χ0) is 30.6. The number of H-pyrrole nitrogens is 1. The Labute approximate surface area is 237 Å². The van der Waals surface area contributed by atoms with Gasteiger partial charge in [0.1, 0.15) is 17.3 Å². The molecular weight excluding hydrogens is 574 g/mol. The Morgan fingerprint density at radius 1 is 1.07 bits per heavy atom. The standard InChI is InChI=1S/C27H24F2N6O6S/c1-27(2)13-34(42(40,41)17-9-14(28)8-15(29)10-17)12-20-22(27)32-33-24(20)31-25(37)19-11-16(5-6-18(19)23(30)36)35-7-3-4-21(35)26(38)39/h3-11H,12-13H2,1-2H3,(H2,30,36)(H,38,39)(H2,31,32,33,37). The molecule has 0 atom stereocenters. The van der Waals surface area contributed by atoms with Crippen molar-refractivity contribution in [2.24, 2.45) is 5.73 Å². The molecule has 5 rings (SSSR count). The topological polar surface area (TPSA) is 180 Å². The van der Waals surface area contributed by atoms with E-state index in [2.05, 4.69) is 15.5 Å². The summed E-state index contributed by atoms with van der Waals surface area (Å²) in [5.41, 5.74) is 5.30. The average Bonchev–Trinajstić information content (AvgIpc) is 3.56. The number of amides is 2. The van der Waals surface area contributed by atoms with Crippen molar-refractivity contribution in [3.05, 3.63) is 94.4 Å². The molecule has 2 amide bonds. The van der Waals surface area contributed by atoms with Gasteiger partial charge in [-0.1, -0.05) is 13.8 Å². The minimum absolute atomic E-state index is 0.0404. The van der Waals surface area contributed by atoms with Crippen molar-refractivity contribution in [1.82, 2.24) is 19.1 Å². The molecule has 3 heterocycles. The van der Waals surface area contributed by atoms with Crippen LogP contribution in [0.1, 0.15) is 56.3 Å². The molecule has 12 nitrogen and oxygen atoms in total. The number of nitrogens with two attached hydrogens (primary N) is 1. The van der Waals surface area contributed by atoms with Gasteiger partial charge in [0.05, 0.1) is 16.0 Å². The van der Waals surface area contributed by atoms with Gasteiger partial charge in [-0.3, -0.25) is 14.7 Å². The number of sulfonamides is 1. The van der Waals surface area contributed by atoms with Gasteiger partial charge in [-0.15, -0.1) is 0 Å². The summed E-state index contributed by atoms with van der Waals surface area (Å²) < 4.78 is 56.8. The van der Waals surface area contributed by atoms with E-state index in [1.54, 1.807) is 13.8 Å². The highest BCUT2D eigenvalue weighted by Crippen LogP contribution is 2.38. The first kappa shape index (κ1) is 28.6. The number of carbonyl (C=O) groups excluding carboxylic acids is 2. The second-order valence-electron chi connectivity index (χ2n) is 10.3. The van der Waals surface area contributed by atoms with Crippen LogP contribution in [0.4, 0.5) is 14.6 Å². The van der Waals surface area contributed by atoms with Crippen molar-refractivity contribution in [3.63, 3.8) is 0 Å². The lowest BCUT2D eigenvalue weighted by molar-refractivity contribution is 0.0687. The van der Waals surface area contributed by atoms with Crippen LogP contribution in [0.3, 0.4) is 0 Å². The van der Waals surface area contributed by atoms with Crippen LogP contribution in [-0.4, -0.2) is 56.9 Å². The smallest absolute Gasteiger partial charge is 0.352 e. The molecule has 0 saturated heterocycles. The van der Waals surface area contributed by atoms with E-state index in [0.717, 1.165) is 16.4 Å². The van der Waals surface area contributed by atoms with Crippen LogP contribution < -0.4 is 11.1 Å². The molecule has 1 aliphatic rings. The maximum Gasteiger partial charge on any atom is 0.352 e. The normalized spacial score (nSPS) is 14.8. The van der Waals surface area contributed by atoms with Crippen molar-refractivity contribution in [1.29, 1.82) is 0 Å². The molecule has 2 aromatic heterocycles. The highest BCUT2D eigenvalue weighted by Gasteiger charge is 2.41. The van der Waals surface area contributed by atoms with E-state index in [-0.39, 0.29) is 41.4 Å². The number of hydrogen-bond acceptors (Lipinski definition) is 6. The van der Waals surface area contributed by atoms with Crippen LogP contribution in [-0.2, 0) is 22.0 Å². The molecule has 0 aliphatic carbocycles. The largest absolute Gasteiger partial charge is 0.477 e. The maximum atomic E-state index is 13.9. The summed E-state index contributed by atoms with van der Waals surface area (Å²) >= 11 is 0. The van der Waals surface area contributed by atoms with Crippen LogP contribution in [0.5, 0.6) is 0 Å². The Morgan fingerprint density at radius 2 is 1.76 bits per heavy atom. The molecule has 2 aromatic carbocycles. The minimum atomic E-state index is -4.37. The first-order valence-corrected chi connectivity index (χ1v) is 13.8. The molecule has 15 heteroatoms. The Kier molecular flexibility index (Phi) is 6.94. The third kappa shape index (κ3) is 5.03. The van der Waals surface area contributed by atoms with Crippen LogP contribution in [0, 0.1) is 11.6 Å². The number of carboxylic acids is 1. The fourth-order valence-electron chi connectivity index (χ4n) is 4.97. The summed E-state index contributed by atoms with van der Waals surface area (Å²) in [6.45, 7) is 3.11. The zero-order valence-electron chi connectivity index (χ0n) is 22.2. The molecule has 0 fully saturated rings. The van der Waals surface area contributed by atoms with Crippen LogP contribution in [0.2, 0.25) is 0 Å². The average molecular weight is 599 g/mol. The van der Waals surface area contributed by atoms with Crippen molar-refractivity contribution >= 4 is 33.6 Å². The SMILES string of the molecule is CC1(C)CN(S(=O)(=O)c2cc(F)cc(F)c2)Cc2c(NC(=O)c3cc(-n4cccc4C(=O)O)ccc3C(N)=O)n[nH]c21. The zero-order valence-corrected chi connectivity index (χ0v) is 23.0. The molecule has 0 saturated carbocycles. The van der Waals surface area contributed by atoms with Crippen molar-refractivity contribution in [2.75, 3.05) is 11.9 Å². The Bertz CT molecular complexity index is 1860. The first-order valence-electron chi connectivity index (χ1n) is 12.4. The lowest BCUT2D eigenvalue weighted by Crippen LogP contribution is -2.45. The minimum Gasteiger partial charge on any atom is -0.477 e. The number of aromatic amines is 1. The van der Waals surface area contributed by atoms with Crippen molar-refractivity contribution in [2.45, 2.75) is 30.7 Å². The van der Waals surface area contributed by atoms with Crippen molar-refractivity contribution < 1.29 is 36.7 Å². The second-order valence-corrected chi connectivity index (χ2v) is 12.2. The number of anilines is 1. The number of primary amides is 1. The molecule has 4 aromatic rings. The van der Waals surface area contributed by atoms with E-state index in [9.17, 15) is 36.7 Å². The van der Waals surface area contributed by atoms with Gasteiger partial charge in [0.25, 0.3) is 5.91 Å². The van der Waals surface area contributed by atoms with E-state index in [4.69, 9.17) is 5.73 Å². The summed E-state index contributed by atoms with van der Waals surface area (Å²) in [6.07, 6.45) is 1.47.